The second kappa shape index (κ2) is 7.38. The molecule has 0 spiro atoms. The molecule has 8 nitrogen and oxygen atoms in total. The molecule has 0 saturated carbocycles. The summed E-state index contributed by atoms with van der Waals surface area (Å²) in [6, 6.07) is 4.69. The molecule has 0 radical (unpaired) electrons. The molecule has 1 heterocycles. The summed E-state index contributed by atoms with van der Waals surface area (Å²) in [5.41, 5.74) is 8.07. The fourth-order valence-corrected chi connectivity index (χ4v) is 3.89. The fraction of sp³-hybridized carbons (Fsp3) is 0.333. The van der Waals surface area contributed by atoms with Gasteiger partial charge in [0.05, 0.1) is 5.39 Å². The van der Waals surface area contributed by atoms with Crippen molar-refractivity contribution in [3.63, 3.8) is 0 Å². The molecule has 3 aromatic rings. The van der Waals surface area contributed by atoms with E-state index in [1.54, 1.807) is 16.8 Å². The Morgan fingerprint density at radius 3 is 2.69 bits per heavy atom. The quantitative estimate of drug-likeness (QED) is 0.449. The molecule has 8 heteroatoms. The first-order valence-corrected chi connectivity index (χ1v) is 9.65. The zero-order valence-electron chi connectivity index (χ0n) is 16.6. The Kier molecular flexibility index (Phi) is 4.89. The monoisotopic (exact) mass is 395 g/mol. The van der Waals surface area contributed by atoms with Crippen molar-refractivity contribution in [2.75, 3.05) is 33.7 Å². The van der Waals surface area contributed by atoms with Gasteiger partial charge in [0.25, 0.3) is 0 Å². The Balaban J connectivity index is 1.98. The highest BCUT2D eigenvalue weighted by atomic mass is 16.3. The third kappa shape index (κ3) is 3.20. The van der Waals surface area contributed by atoms with Gasteiger partial charge in [0.15, 0.2) is 0 Å². The normalized spacial score (nSPS) is 13.5. The molecule has 0 saturated heterocycles. The van der Waals surface area contributed by atoms with E-state index < -0.39 is 0 Å². The topological polar surface area (TPSA) is 117 Å². The van der Waals surface area contributed by atoms with Crippen LogP contribution in [0.3, 0.4) is 0 Å². The lowest BCUT2D eigenvalue weighted by atomic mass is 9.92. The number of carbonyl (C=O) groups excluding carboxylic acids is 1. The van der Waals surface area contributed by atoms with Crippen LogP contribution in [-0.4, -0.2) is 64.4 Å². The van der Waals surface area contributed by atoms with Crippen molar-refractivity contribution in [3.8, 4) is 11.5 Å². The summed E-state index contributed by atoms with van der Waals surface area (Å²) in [7, 11) is 4.00. The fourth-order valence-electron chi connectivity index (χ4n) is 3.89. The lowest BCUT2D eigenvalue weighted by molar-refractivity contribution is 0.103. The maximum atomic E-state index is 13.0. The predicted molar refractivity (Wildman–Crippen MR) is 113 cm³/mol. The summed E-state index contributed by atoms with van der Waals surface area (Å²) < 4.78 is 1.72. The molecule has 5 N–H and O–H groups in total. The summed E-state index contributed by atoms with van der Waals surface area (Å²) in [6.45, 7) is 2.37. The van der Waals surface area contributed by atoms with Crippen LogP contribution in [0.1, 0.15) is 22.5 Å². The third-order valence-corrected chi connectivity index (χ3v) is 5.18. The zero-order chi connectivity index (χ0) is 20.7. The highest BCUT2D eigenvalue weighted by Gasteiger charge is 2.28. The number of allylic oxidation sites excluding steroid dienone is 1. The van der Waals surface area contributed by atoms with Gasteiger partial charge in [0, 0.05) is 47.7 Å². The number of benzene rings is 2. The minimum absolute atomic E-state index is 0.0207. The molecule has 0 amide bonds. The minimum atomic E-state index is -0.136. The first kappa shape index (κ1) is 19.2. The molecule has 0 aliphatic heterocycles. The average molecular weight is 395 g/mol. The van der Waals surface area contributed by atoms with Crippen molar-refractivity contribution in [3.05, 3.63) is 35.5 Å². The molecule has 1 aliphatic rings. The van der Waals surface area contributed by atoms with Crippen LogP contribution in [0, 0.1) is 0 Å². The van der Waals surface area contributed by atoms with Gasteiger partial charge in [-0.3, -0.25) is 9.48 Å². The maximum absolute atomic E-state index is 13.0. The lowest BCUT2D eigenvalue weighted by Crippen LogP contribution is -2.24. The first-order valence-electron chi connectivity index (χ1n) is 9.65. The molecule has 4 rings (SSSR count). The molecule has 2 aromatic carbocycles. The molecule has 0 atom stereocenters. The van der Waals surface area contributed by atoms with Crippen LogP contribution in [0.2, 0.25) is 0 Å². The number of aromatic nitrogens is 2. The number of phenolic OH excluding ortho intramolecular Hbond substituents is 2. The van der Waals surface area contributed by atoms with Crippen LogP contribution >= 0.6 is 0 Å². The number of carbonyl (C=O) groups is 1. The Hall–Kier alpha value is -3.10. The maximum Gasteiger partial charge on any atom is 0.206 e. The van der Waals surface area contributed by atoms with Crippen molar-refractivity contribution in [1.29, 1.82) is 0 Å². The van der Waals surface area contributed by atoms with E-state index in [2.05, 4.69) is 10.2 Å². The number of nitrogens with two attached hydrogens (primary N) is 1. The first-order chi connectivity index (χ1) is 13.9. The average Bonchev–Trinajstić information content (AvgIpc) is 3.06. The Morgan fingerprint density at radius 2 is 1.97 bits per heavy atom. The molecule has 0 bridgehead atoms. The van der Waals surface area contributed by atoms with Crippen LogP contribution in [-0.2, 0) is 6.54 Å². The number of rotatable bonds is 7. The number of phenols is 2. The minimum Gasteiger partial charge on any atom is -0.507 e. The number of hydrogen-bond donors (Lipinski definition) is 4. The third-order valence-electron chi connectivity index (χ3n) is 5.18. The molecule has 1 aliphatic carbocycles. The smallest absolute Gasteiger partial charge is 0.206 e. The standard InChI is InChI=1S/C21H25N5O3/c1-25(2)8-3-9-26-21-17(29)11-14(23-7-6-22)12-10-13-15(27)4-5-16(28)18(13)20(24-26)19(12)21/h4-5,10-11,23,27-28H,3,6-9,22H2,1-2H3. The van der Waals surface area contributed by atoms with Gasteiger partial charge < -0.3 is 26.2 Å². The van der Waals surface area contributed by atoms with Crippen molar-refractivity contribution in [2.45, 2.75) is 13.0 Å². The van der Waals surface area contributed by atoms with E-state index >= 15 is 0 Å². The number of ketones is 1. The Bertz CT molecular complexity index is 1150. The number of hydrogen-bond acceptors (Lipinski definition) is 7. The van der Waals surface area contributed by atoms with Gasteiger partial charge in [-0.2, -0.15) is 5.10 Å². The number of aromatic hydroxyl groups is 2. The van der Waals surface area contributed by atoms with E-state index in [0.717, 1.165) is 18.5 Å². The van der Waals surface area contributed by atoms with Gasteiger partial charge in [-0.1, -0.05) is 0 Å². The Morgan fingerprint density at radius 1 is 1.21 bits per heavy atom. The van der Waals surface area contributed by atoms with E-state index in [1.165, 1.54) is 12.1 Å². The molecule has 1 aromatic heterocycles. The molecular formula is C21H25N5O3. The SMILES string of the molecule is CN(C)CCCn1nc2c3c(cc4c(O)ccc(O)c42)C(NCCN)=CC(=O)c31. The second-order valence-corrected chi connectivity index (χ2v) is 7.54. The molecule has 0 unspecified atom stereocenters. The lowest BCUT2D eigenvalue weighted by Gasteiger charge is -2.18. The largest absolute Gasteiger partial charge is 0.507 e. The van der Waals surface area contributed by atoms with Crippen molar-refractivity contribution in [1.82, 2.24) is 20.0 Å². The van der Waals surface area contributed by atoms with Crippen LogP contribution in [0.5, 0.6) is 11.5 Å². The van der Waals surface area contributed by atoms with Crippen molar-refractivity contribution >= 4 is 33.2 Å². The Labute approximate surface area is 168 Å². The highest BCUT2D eigenvalue weighted by molar-refractivity contribution is 6.25. The highest BCUT2D eigenvalue weighted by Crippen LogP contribution is 2.42. The number of aryl methyl sites for hydroxylation is 1. The summed E-state index contributed by atoms with van der Waals surface area (Å²) in [4.78, 5) is 15.1. The van der Waals surface area contributed by atoms with Crippen LogP contribution in [0.4, 0.5) is 0 Å². The van der Waals surface area contributed by atoms with E-state index in [4.69, 9.17) is 10.8 Å². The van der Waals surface area contributed by atoms with Gasteiger partial charge in [0.2, 0.25) is 5.78 Å². The summed E-state index contributed by atoms with van der Waals surface area (Å²) in [5, 5.41) is 30.4. The van der Waals surface area contributed by atoms with Gasteiger partial charge >= 0.3 is 0 Å². The van der Waals surface area contributed by atoms with Crippen molar-refractivity contribution < 1.29 is 15.0 Å². The van der Waals surface area contributed by atoms with Crippen LogP contribution in [0.15, 0.2) is 24.3 Å². The number of nitrogens with one attached hydrogen (secondary N) is 1. The summed E-state index contributed by atoms with van der Waals surface area (Å²) >= 11 is 0. The van der Waals surface area contributed by atoms with E-state index in [9.17, 15) is 15.0 Å². The second-order valence-electron chi connectivity index (χ2n) is 7.54. The van der Waals surface area contributed by atoms with Crippen molar-refractivity contribution in [2.24, 2.45) is 5.73 Å². The van der Waals surface area contributed by atoms with Gasteiger partial charge in [-0.25, -0.2) is 0 Å². The molecule has 152 valence electrons. The molecular weight excluding hydrogens is 370 g/mol. The van der Waals surface area contributed by atoms with Crippen LogP contribution < -0.4 is 11.1 Å². The molecule has 29 heavy (non-hydrogen) atoms. The zero-order valence-corrected chi connectivity index (χ0v) is 16.6. The summed E-state index contributed by atoms with van der Waals surface area (Å²) in [5.74, 6) is -0.0644. The number of nitrogens with zero attached hydrogens (tertiary/aromatic N) is 3. The van der Waals surface area contributed by atoms with Crippen LogP contribution in [0.25, 0.3) is 27.4 Å². The van der Waals surface area contributed by atoms with Gasteiger partial charge in [-0.15, -0.1) is 0 Å². The molecule has 0 fully saturated rings. The van der Waals surface area contributed by atoms with Gasteiger partial charge in [0.1, 0.15) is 22.7 Å². The van der Waals surface area contributed by atoms with E-state index in [1.807, 2.05) is 14.1 Å². The van der Waals surface area contributed by atoms with E-state index in [-0.39, 0.29) is 17.3 Å². The summed E-state index contributed by atoms with van der Waals surface area (Å²) in [6.07, 6.45) is 2.39. The van der Waals surface area contributed by atoms with E-state index in [0.29, 0.717) is 52.7 Å². The predicted octanol–water partition coefficient (Wildman–Crippen LogP) is 1.64. The number of fused-ring (bicyclic) bond motifs is 2. The van der Waals surface area contributed by atoms with Gasteiger partial charge in [-0.05, 0) is 45.3 Å².